The zero-order chi connectivity index (χ0) is 15.4. The number of nitrogens with zero attached hydrogens (tertiary/aromatic N) is 2. The number of rotatable bonds is 4. The third-order valence-corrected chi connectivity index (χ3v) is 5.89. The van der Waals surface area contributed by atoms with E-state index in [0.717, 1.165) is 35.1 Å². The van der Waals surface area contributed by atoms with Crippen molar-refractivity contribution in [2.45, 2.75) is 24.1 Å². The summed E-state index contributed by atoms with van der Waals surface area (Å²) in [5.41, 5.74) is 2.12. The van der Waals surface area contributed by atoms with E-state index in [9.17, 15) is 4.79 Å². The number of likely N-dealkylation sites (tertiary alicyclic amines) is 1. The summed E-state index contributed by atoms with van der Waals surface area (Å²) in [4.78, 5) is 18.9. The molecule has 0 radical (unpaired) electrons. The van der Waals surface area contributed by atoms with Crippen LogP contribution in [-0.4, -0.2) is 34.6 Å². The van der Waals surface area contributed by atoms with Gasteiger partial charge in [-0.3, -0.25) is 4.79 Å². The largest absolute Gasteiger partial charge is 0.342 e. The van der Waals surface area contributed by atoms with E-state index >= 15 is 0 Å². The highest BCUT2D eigenvalue weighted by molar-refractivity contribution is 8.01. The van der Waals surface area contributed by atoms with Crippen LogP contribution >= 0.6 is 23.1 Å². The molecule has 3 rings (SSSR count). The van der Waals surface area contributed by atoms with Crippen molar-refractivity contribution in [2.75, 3.05) is 18.8 Å². The predicted octanol–water partition coefficient (Wildman–Crippen LogP) is 4.16. The van der Waals surface area contributed by atoms with E-state index in [4.69, 9.17) is 0 Å². The molecule has 1 atom stereocenters. The molecular formula is C17H20N2OS2. The fourth-order valence-electron chi connectivity index (χ4n) is 2.70. The van der Waals surface area contributed by atoms with Crippen LogP contribution in [0.5, 0.6) is 0 Å². The van der Waals surface area contributed by atoms with Gasteiger partial charge in [-0.25, -0.2) is 4.98 Å². The van der Waals surface area contributed by atoms with Crippen molar-refractivity contribution in [3.63, 3.8) is 0 Å². The molecule has 2 heterocycles. The van der Waals surface area contributed by atoms with E-state index in [2.05, 4.69) is 29.4 Å². The fraction of sp³-hybridized carbons (Fsp3) is 0.412. The molecule has 1 aliphatic rings. The van der Waals surface area contributed by atoms with Crippen molar-refractivity contribution >= 4 is 29.0 Å². The molecule has 2 aromatic rings. The van der Waals surface area contributed by atoms with E-state index in [1.165, 1.54) is 6.42 Å². The number of hydrogen-bond donors (Lipinski definition) is 0. The first-order valence-electron chi connectivity index (χ1n) is 7.64. The average Bonchev–Trinajstić information content (AvgIpc) is 3.02. The maximum absolute atomic E-state index is 12.3. The molecule has 22 heavy (non-hydrogen) atoms. The summed E-state index contributed by atoms with van der Waals surface area (Å²) in [5, 5.41) is 2.06. The van der Waals surface area contributed by atoms with E-state index in [1.54, 1.807) is 23.1 Å². The quantitative estimate of drug-likeness (QED) is 0.788. The highest BCUT2D eigenvalue weighted by Crippen LogP contribution is 2.28. The highest BCUT2D eigenvalue weighted by atomic mass is 32.2. The Bertz CT molecular complexity index is 627. The van der Waals surface area contributed by atoms with Gasteiger partial charge in [0.25, 0.3) is 0 Å². The van der Waals surface area contributed by atoms with Gasteiger partial charge in [-0.2, -0.15) is 0 Å². The maximum atomic E-state index is 12.3. The minimum Gasteiger partial charge on any atom is -0.342 e. The molecule has 1 aromatic heterocycles. The Morgan fingerprint density at radius 1 is 1.41 bits per heavy atom. The predicted molar refractivity (Wildman–Crippen MR) is 93.3 cm³/mol. The first-order valence-corrected chi connectivity index (χ1v) is 9.50. The van der Waals surface area contributed by atoms with Gasteiger partial charge in [0.2, 0.25) is 5.91 Å². The fourth-order valence-corrected chi connectivity index (χ4v) is 4.43. The lowest BCUT2D eigenvalue weighted by Gasteiger charge is -2.30. The number of carbonyl (C=O) groups excluding carboxylic acids is 1. The number of thioether (sulfide) groups is 1. The van der Waals surface area contributed by atoms with Gasteiger partial charge in [-0.1, -0.05) is 49.0 Å². The highest BCUT2D eigenvalue weighted by Gasteiger charge is 2.21. The molecule has 0 N–H and O–H groups in total. The van der Waals surface area contributed by atoms with Gasteiger partial charge in [0.05, 0.1) is 11.4 Å². The monoisotopic (exact) mass is 332 g/mol. The van der Waals surface area contributed by atoms with Crippen LogP contribution < -0.4 is 0 Å². The van der Waals surface area contributed by atoms with Gasteiger partial charge >= 0.3 is 0 Å². The molecule has 0 spiro atoms. The standard InChI is InChI=1S/C17H20N2OS2/c1-13-6-5-9-19(10-13)16(20)12-22-17-18-15(11-21-17)14-7-3-2-4-8-14/h2-4,7-8,11,13H,5-6,9-10,12H2,1H3. The van der Waals surface area contributed by atoms with Gasteiger partial charge in [-0.05, 0) is 18.8 Å². The Morgan fingerprint density at radius 3 is 3.00 bits per heavy atom. The Morgan fingerprint density at radius 2 is 2.23 bits per heavy atom. The number of benzene rings is 1. The molecule has 1 unspecified atom stereocenters. The molecule has 1 aromatic carbocycles. The smallest absolute Gasteiger partial charge is 0.233 e. The lowest BCUT2D eigenvalue weighted by Crippen LogP contribution is -2.40. The summed E-state index contributed by atoms with van der Waals surface area (Å²) in [7, 11) is 0. The second-order valence-corrected chi connectivity index (χ2v) is 7.82. The van der Waals surface area contributed by atoms with Crippen LogP contribution in [0.15, 0.2) is 40.1 Å². The van der Waals surface area contributed by atoms with Gasteiger partial charge in [0, 0.05) is 24.0 Å². The number of piperidine rings is 1. The molecule has 0 aliphatic carbocycles. The number of aromatic nitrogens is 1. The number of carbonyl (C=O) groups is 1. The molecule has 5 heteroatoms. The third-order valence-electron chi connectivity index (χ3n) is 3.88. The molecule has 1 amide bonds. The first kappa shape index (κ1) is 15.6. The molecule has 1 saturated heterocycles. The zero-order valence-corrected chi connectivity index (χ0v) is 14.3. The summed E-state index contributed by atoms with van der Waals surface area (Å²) in [6.07, 6.45) is 2.37. The van der Waals surface area contributed by atoms with Crippen LogP contribution in [-0.2, 0) is 4.79 Å². The summed E-state index contributed by atoms with van der Waals surface area (Å²) < 4.78 is 0.970. The van der Waals surface area contributed by atoms with Crippen molar-refractivity contribution in [3.05, 3.63) is 35.7 Å². The second-order valence-electron chi connectivity index (χ2n) is 5.74. The molecule has 1 fully saturated rings. The van der Waals surface area contributed by atoms with Crippen LogP contribution in [0.25, 0.3) is 11.3 Å². The van der Waals surface area contributed by atoms with Crippen molar-refractivity contribution < 1.29 is 4.79 Å². The molecule has 3 nitrogen and oxygen atoms in total. The first-order chi connectivity index (χ1) is 10.7. The van der Waals surface area contributed by atoms with Crippen molar-refractivity contribution in [1.82, 2.24) is 9.88 Å². The normalized spacial score (nSPS) is 18.4. The minimum absolute atomic E-state index is 0.244. The topological polar surface area (TPSA) is 33.2 Å². The van der Waals surface area contributed by atoms with E-state index in [0.29, 0.717) is 11.7 Å². The molecule has 1 aliphatic heterocycles. The number of amides is 1. The average molecular weight is 332 g/mol. The summed E-state index contributed by atoms with van der Waals surface area (Å²) in [5.74, 6) is 1.37. The third kappa shape index (κ3) is 3.90. The summed E-state index contributed by atoms with van der Waals surface area (Å²) >= 11 is 3.17. The van der Waals surface area contributed by atoms with Crippen LogP contribution in [0.2, 0.25) is 0 Å². The van der Waals surface area contributed by atoms with Crippen LogP contribution in [0.1, 0.15) is 19.8 Å². The maximum Gasteiger partial charge on any atom is 0.233 e. The van der Waals surface area contributed by atoms with Crippen LogP contribution in [0.4, 0.5) is 0 Å². The van der Waals surface area contributed by atoms with Gasteiger partial charge in [-0.15, -0.1) is 11.3 Å². The molecule has 116 valence electrons. The zero-order valence-electron chi connectivity index (χ0n) is 12.7. The molecule has 0 saturated carbocycles. The van der Waals surface area contributed by atoms with Crippen molar-refractivity contribution in [2.24, 2.45) is 5.92 Å². The molecule has 0 bridgehead atoms. The van der Waals surface area contributed by atoms with Crippen molar-refractivity contribution in [1.29, 1.82) is 0 Å². The van der Waals surface area contributed by atoms with Gasteiger partial charge < -0.3 is 4.90 Å². The minimum atomic E-state index is 0.244. The molecular weight excluding hydrogens is 312 g/mol. The van der Waals surface area contributed by atoms with Crippen LogP contribution in [0, 0.1) is 5.92 Å². The van der Waals surface area contributed by atoms with Gasteiger partial charge in [0.15, 0.2) is 4.34 Å². The van der Waals surface area contributed by atoms with Crippen LogP contribution in [0.3, 0.4) is 0 Å². The van der Waals surface area contributed by atoms with Gasteiger partial charge in [0.1, 0.15) is 0 Å². The summed E-state index contributed by atoms with van der Waals surface area (Å²) in [6, 6.07) is 10.2. The Labute approximate surface area is 139 Å². The Kier molecular flexibility index (Phi) is 5.16. The Balaban J connectivity index is 1.56. The number of hydrogen-bond acceptors (Lipinski definition) is 4. The van der Waals surface area contributed by atoms with E-state index in [1.807, 2.05) is 23.1 Å². The Hall–Kier alpha value is -1.33. The second kappa shape index (κ2) is 7.29. The SMILES string of the molecule is CC1CCCN(C(=O)CSc2nc(-c3ccccc3)cs2)C1. The summed E-state index contributed by atoms with van der Waals surface area (Å²) in [6.45, 7) is 4.04. The lowest BCUT2D eigenvalue weighted by molar-refractivity contribution is -0.130. The number of thiazole rings is 1. The van der Waals surface area contributed by atoms with E-state index in [-0.39, 0.29) is 5.91 Å². The van der Waals surface area contributed by atoms with E-state index < -0.39 is 0 Å². The van der Waals surface area contributed by atoms with Crippen molar-refractivity contribution in [3.8, 4) is 11.3 Å². The lowest BCUT2D eigenvalue weighted by atomic mass is 10.0.